The summed E-state index contributed by atoms with van der Waals surface area (Å²) in [6.45, 7) is 4.85. The molecule has 1 aliphatic heterocycles. The molecule has 162 valence electrons. The molecule has 6 heteroatoms. The summed E-state index contributed by atoms with van der Waals surface area (Å²) in [6, 6.07) is 19.9. The van der Waals surface area contributed by atoms with Crippen molar-refractivity contribution in [1.29, 1.82) is 0 Å². The highest BCUT2D eigenvalue weighted by Crippen LogP contribution is 2.29. The van der Waals surface area contributed by atoms with E-state index in [1.807, 2.05) is 84.2 Å². The summed E-state index contributed by atoms with van der Waals surface area (Å²) < 4.78 is 2.03. The molecule has 3 heterocycles. The Morgan fingerprint density at radius 1 is 0.969 bits per heavy atom. The number of amides is 1. The van der Waals surface area contributed by atoms with Crippen LogP contribution in [-0.2, 0) is 7.05 Å². The number of fused-ring (bicyclic) bond motifs is 1. The number of aryl methyl sites for hydroxylation is 2. The average molecular weight is 445 g/mol. The molecule has 1 aliphatic rings. The molecular weight excluding hydrogens is 420 g/mol. The summed E-state index contributed by atoms with van der Waals surface area (Å²) >= 11 is 6.38. The lowest BCUT2D eigenvalue weighted by atomic mass is 10.0. The molecule has 5 nitrogen and oxygen atoms in total. The number of para-hydroxylation sites is 1. The van der Waals surface area contributed by atoms with Gasteiger partial charge in [-0.15, -0.1) is 0 Å². The number of hydrogen-bond acceptors (Lipinski definition) is 3. The number of nitrogens with zero attached hydrogens (tertiary/aromatic N) is 4. The normalized spacial score (nSPS) is 14.2. The van der Waals surface area contributed by atoms with Gasteiger partial charge in [-0.1, -0.05) is 35.4 Å². The van der Waals surface area contributed by atoms with Crippen LogP contribution in [0.3, 0.4) is 0 Å². The van der Waals surface area contributed by atoms with Gasteiger partial charge in [-0.25, -0.2) is 4.98 Å². The van der Waals surface area contributed by atoms with Crippen LogP contribution in [0, 0.1) is 6.92 Å². The number of piperazine rings is 1. The number of aromatic nitrogens is 2. The predicted molar refractivity (Wildman–Crippen MR) is 130 cm³/mol. The number of hydrogen-bond donors (Lipinski definition) is 0. The second kappa shape index (κ2) is 8.32. The first-order chi connectivity index (χ1) is 15.5. The van der Waals surface area contributed by atoms with Gasteiger partial charge in [-0.3, -0.25) is 4.79 Å². The Balaban J connectivity index is 1.47. The van der Waals surface area contributed by atoms with Crippen LogP contribution in [0.1, 0.15) is 15.9 Å². The van der Waals surface area contributed by atoms with Crippen molar-refractivity contribution in [2.45, 2.75) is 6.92 Å². The molecule has 32 heavy (non-hydrogen) atoms. The third kappa shape index (κ3) is 3.73. The molecule has 5 rings (SSSR count). The highest BCUT2D eigenvalue weighted by Gasteiger charge is 2.25. The summed E-state index contributed by atoms with van der Waals surface area (Å²) in [7, 11) is 1.99. The number of carbonyl (C=O) groups is 1. The zero-order valence-corrected chi connectivity index (χ0v) is 19.0. The van der Waals surface area contributed by atoms with Crippen molar-refractivity contribution in [3.63, 3.8) is 0 Å². The molecule has 4 aromatic rings. The summed E-state index contributed by atoms with van der Waals surface area (Å²) in [5, 5.41) is 1.65. The zero-order valence-electron chi connectivity index (χ0n) is 18.3. The van der Waals surface area contributed by atoms with Crippen LogP contribution in [0.5, 0.6) is 0 Å². The molecule has 0 radical (unpaired) electrons. The van der Waals surface area contributed by atoms with E-state index >= 15 is 0 Å². The largest absolute Gasteiger partial charge is 0.367 e. The van der Waals surface area contributed by atoms with Gasteiger partial charge in [-0.2, -0.15) is 0 Å². The smallest absolute Gasteiger partial charge is 0.254 e. The summed E-state index contributed by atoms with van der Waals surface area (Å²) in [4.78, 5) is 22.7. The van der Waals surface area contributed by atoms with Gasteiger partial charge in [0.25, 0.3) is 5.91 Å². The third-order valence-corrected chi connectivity index (χ3v) is 6.48. The minimum Gasteiger partial charge on any atom is -0.367 e. The van der Waals surface area contributed by atoms with Crippen LogP contribution in [0.25, 0.3) is 22.3 Å². The molecule has 2 aromatic carbocycles. The molecule has 1 fully saturated rings. The highest BCUT2D eigenvalue weighted by atomic mass is 35.5. The Kier molecular flexibility index (Phi) is 5.35. The fourth-order valence-electron chi connectivity index (χ4n) is 4.40. The molecule has 0 saturated carbocycles. The van der Waals surface area contributed by atoms with Gasteiger partial charge in [0.1, 0.15) is 0 Å². The average Bonchev–Trinajstić information content (AvgIpc) is 3.24. The van der Waals surface area contributed by atoms with Gasteiger partial charge < -0.3 is 14.4 Å². The van der Waals surface area contributed by atoms with E-state index in [4.69, 9.17) is 16.6 Å². The quantitative estimate of drug-likeness (QED) is 0.438. The lowest BCUT2D eigenvalue weighted by molar-refractivity contribution is 0.0749. The van der Waals surface area contributed by atoms with Crippen LogP contribution in [0.2, 0.25) is 5.02 Å². The molecule has 2 aromatic heterocycles. The number of carbonyl (C=O) groups excluding carboxylic acids is 1. The van der Waals surface area contributed by atoms with Crippen molar-refractivity contribution in [3.8, 4) is 11.4 Å². The van der Waals surface area contributed by atoms with Gasteiger partial charge in [-0.05, 0) is 49.4 Å². The standard InChI is InChI=1S/C26H25ClN4O/c1-18-9-10-22-19(16-18)20(17-23(28-22)25-8-5-11-29(25)2)26(32)31-14-12-30(13-15-31)24-7-4-3-6-21(24)27/h3-11,16-17H,12-15H2,1-2H3. The first kappa shape index (κ1) is 20.6. The second-order valence-electron chi connectivity index (χ2n) is 8.31. The van der Waals surface area contributed by atoms with E-state index in [9.17, 15) is 4.79 Å². The van der Waals surface area contributed by atoms with E-state index in [1.54, 1.807) is 0 Å². The topological polar surface area (TPSA) is 41.4 Å². The summed E-state index contributed by atoms with van der Waals surface area (Å²) in [6.07, 6.45) is 1.99. The predicted octanol–water partition coefficient (Wildman–Crippen LogP) is 5.16. The lowest BCUT2D eigenvalue weighted by Gasteiger charge is -2.36. The fraction of sp³-hybridized carbons (Fsp3) is 0.231. The molecule has 0 atom stereocenters. The molecule has 0 N–H and O–H groups in total. The van der Waals surface area contributed by atoms with Crippen molar-refractivity contribution in [1.82, 2.24) is 14.5 Å². The Bertz CT molecular complexity index is 1300. The maximum absolute atomic E-state index is 13.7. The SMILES string of the molecule is Cc1ccc2nc(-c3cccn3C)cc(C(=O)N3CCN(c4ccccc4Cl)CC3)c2c1. The molecule has 0 aliphatic carbocycles. The van der Waals surface area contributed by atoms with Gasteiger partial charge in [0.2, 0.25) is 0 Å². The van der Waals surface area contributed by atoms with E-state index in [0.29, 0.717) is 18.7 Å². The minimum atomic E-state index is 0.0530. The Labute approximate surface area is 192 Å². The van der Waals surface area contributed by atoms with Crippen LogP contribution in [0.15, 0.2) is 66.9 Å². The van der Waals surface area contributed by atoms with Crippen LogP contribution in [-0.4, -0.2) is 46.5 Å². The molecule has 0 unspecified atom stereocenters. The molecule has 1 saturated heterocycles. The second-order valence-corrected chi connectivity index (χ2v) is 8.72. The molecule has 0 spiro atoms. The molecule has 1 amide bonds. The van der Waals surface area contributed by atoms with Crippen molar-refractivity contribution >= 4 is 34.1 Å². The first-order valence-corrected chi connectivity index (χ1v) is 11.2. The van der Waals surface area contributed by atoms with Crippen molar-refractivity contribution in [3.05, 3.63) is 83.0 Å². The van der Waals surface area contributed by atoms with Crippen molar-refractivity contribution in [2.75, 3.05) is 31.1 Å². The van der Waals surface area contributed by atoms with E-state index < -0.39 is 0 Å². The van der Waals surface area contributed by atoms with Crippen molar-refractivity contribution < 1.29 is 4.79 Å². The summed E-state index contributed by atoms with van der Waals surface area (Å²) in [5.74, 6) is 0.0530. The molecular formula is C26H25ClN4O. The van der Waals surface area contributed by atoms with Gasteiger partial charge in [0.05, 0.1) is 33.2 Å². The van der Waals surface area contributed by atoms with Gasteiger partial charge >= 0.3 is 0 Å². The Morgan fingerprint density at radius 3 is 2.47 bits per heavy atom. The zero-order chi connectivity index (χ0) is 22.2. The van der Waals surface area contributed by atoms with E-state index in [-0.39, 0.29) is 5.91 Å². The van der Waals surface area contributed by atoms with Gasteiger partial charge in [0.15, 0.2) is 0 Å². The maximum Gasteiger partial charge on any atom is 0.254 e. The number of benzene rings is 2. The van der Waals surface area contributed by atoms with Gasteiger partial charge in [0, 0.05) is 44.8 Å². The Morgan fingerprint density at radius 2 is 1.75 bits per heavy atom. The van der Waals surface area contributed by atoms with E-state index in [0.717, 1.165) is 51.7 Å². The van der Waals surface area contributed by atoms with Crippen LogP contribution < -0.4 is 4.90 Å². The number of pyridine rings is 1. The molecule has 0 bridgehead atoms. The van der Waals surface area contributed by atoms with E-state index in [1.165, 1.54) is 0 Å². The Hall–Kier alpha value is -3.31. The number of rotatable bonds is 3. The summed E-state index contributed by atoms with van der Waals surface area (Å²) in [5.41, 5.74) is 5.49. The van der Waals surface area contributed by atoms with Crippen LogP contribution in [0.4, 0.5) is 5.69 Å². The number of anilines is 1. The third-order valence-electron chi connectivity index (χ3n) is 6.16. The maximum atomic E-state index is 13.7. The van der Waals surface area contributed by atoms with Crippen LogP contribution >= 0.6 is 11.6 Å². The lowest BCUT2D eigenvalue weighted by Crippen LogP contribution is -2.49. The monoisotopic (exact) mass is 444 g/mol. The minimum absolute atomic E-state index is 0.0530. The highest BCUT2D eigenvalue weighted by molar-refractivity contribution is 6.33. The van der Waals surface area contributed by atoms with Crippen molar-refractivity contribution in [2.24, 2.45) is 7.05 Å². The van der Waals surface area contributed by atoms with E-state index in [2.05, 4.69) is 11.0 Å². The fourth-order valence-corrected chi connectivity index (χ4v) is 4.66. The first-order valence-electron chi connectivity index (χ1n) is 10.8. The number of halogens is 1.